The Kier molecular flexibility index (Phi) is 2.97. The summed E-state index contributed by atoms with van der Waals surface area (Å²) in [6.07, 6.45) is 1.43. The zero-order valence-corrected chi connectivity index (χ0v) is 9.01. The summed E-state index contributed by atoms with van der Waals surface area (Å²) < 4.78 is 18.2. The highest BCUT2D eigenvalue weighted by Gasteiger charge is 2.05. The molecule has 2 aromatic rings. The molecule has 0 saturated heterocycles. The second-order valence-corrected chi connectivity index (χ2v) is 3.35. The molecule has 0 unspecified atom stereocenters. The van der Waals surface area contributed by atoms with Crippen molar-refractivity contribution in [3.8, 4) is 17.8 Å². The van der Waals surface area contributed by atoms with Crippen molar-refractivity contribution in [2.24, 2.45) is 0 Å². The van der Waals surface area contributed by atoms with E-state index in [4.69, 9.17) is 10.00 Å². The summed E-state index contributed by atoms with van der Waals surface area (Å²) in [6, 6.07) is 7.56. The lowest BCUT2D eigenvalue weighted by Crippen LogP contribution is -1.95. The van der Waals surface area contributed by atoms with Gasteiger partial charge in [0.15, 0.2) is 0 Å². The number of halogens is 1. The van der Waals surface area contributed by atoms with Gasteiger partial charge in [0.05, 0.1) is 0 Å². The lowest BCUT2D eigenvalue weighted by atomic mass is 10.2. The van der Waals surface area contributed by atoms with E-state index in [1.807, 2.05) is 6.07 Å². The zero-order chi connectivity index (χ0) is 12.3. The van der Waals surface area contributed by atoms with Crippen LogP contribution in [0.2, 0.25) is 0 Å². The van der Waals surface area contributed by atoms with E-state index in [0.29, 0.717) is 11.3 Å². The Balaban J connectivity index is 2.28. The van der Waals surface area contributed by atoms with E-state index >= 15 is 0 Å². The molecule has 0 amide bonds. The van der Waals surface area contributed by atoms with Crippen molar-refractivity contribution in [2.75, 3.05) is 0 Å². The number of hydrogen-bond donors (Lipinski definition) is 0. The topological polar surface area (TPSA) is 58.8 Å². The average Bonchev–Trinajstić information content (AvgIpc) is 2.33. The van der Waals surface area contributed by atoms with Gasteiger partial charge in [0.25, 0.3) is 0 Å². The van der Waals surface area contributed by atoms with Crippen LogP contribution in [-0.2, 0) is 0 Å². The molecule has 0 saturated carbocycles. The monoisotopic (exact) mass is 229 g/mol. The molecule has 4 nitrogen and oxygen atoms in total. The molecular formula is C12H8FN3O. The maximum absolute atomic E-state index is 12.9. The SMILES string of the molecule is Cc1cc(F)ccc1Oc1nccc(C#N)n1. The maximum Gasteiger partial charge on any atom is 0.323 e. The number of nitriles is 1. The zero-order valence-electron chi connectivity index (χ0n) is 9.01. The van der Waals surface area contributed by atoms with Crippen LogP contribution < -0.4 is 4.74 Å². The largest absolute Gasteiger partial charge is 0.424 e. The third-order valence-electron chi connectivity index (χ3n) is 2.09. The van der Waals surface area contributed by atoms with Crippen LogP contribution >= 0.6 is 0 Å². The smallest absolute Gasteiger partial charge is 0.323 e. The fourth-order valence-electron chi connectivity index (χ4n) is 1.28. The molecule has 1 aromatic carbocycles. The molecule has 0 aliphatic heterocycles. The Hall–Kier alpha value is -2.48. The lowest BCUT2D eigenvalue weighted by Gasteiger charge is -2.06. The summed E-state index contributed by atoms with van der Waals surface area (Å²) in [7, 11) is 0. The van der Waals surface area contributed by atoms with Gasteiger partial charge in [0.2, 0.25) is 0 Å². The fraction of sp³-hybridized carbons (Fsp3) is 0.0833. The van der Waals surface area contributed by atoms with Crippen LogP contribution in [-0.4, -0.2) is 9.97 Å². The molecule has 2 rings (SSSR count). The van der Waals surface area contributed by atoms with Crippen LogP contribution in [0.3, 0.4) is 0 Å². The van der Waals surface area contributed by atoms with E-state index in [-0.39, 0.29) is 17.5 Å². The van der Waals surface area contributed by atoms with Crippen LogP contribution in [0.1, 0.15) is 11.3 Å². The number of aryl methyl sites for hydroxylation is 1. The van der Waals surface area contributed by atoms with Crippen LogP contribution in [0.25, 0.3) is 0 Å². The van der Waals surface area contributed by atoms with Gasteiger partial charge in [-0.3, -0.25) is 0 Å². The summed E-state index contributed by atoms with van der Waals surface area (Å²) in [4.78, 5) is 7.73. The van der Waals surface area contributed by atoms with E-state index in [2.05, 4.69) is 9.97 Å². The van der Waals surface area contributed by atoms with Gasteiger partial charge >= 0.3 is 6.01 Å². The van der Waals surface area contributed by atoms with Gasteiger partial charge in [-0.1, -0.05) is 0 Å². The minimum atomic E-state index is -0.332. The first-order valence-electron chi connectivity index (χ1n) is 4.86. The first-order chi connectivity index (χ1) is 8.19. The molecule has 0 fully saturated rings. The molecule has 1 aromatic heterocycles. The van der Waals surface area contributed by atoms with E-state index in [1.54, 1.807) is 6.92 Å². The van der Waals surface area contributed by atoms with Crippen molar-refractivity contribution < 1.29 is 9.13 Å². The third-order valence-corrected chi connectivity index (χ3v) is 2.09. The number of nitrogens with zero attached hydrogens (tertiary/aromatic N) is 3. The molecule has 0 bridgehead atoms. The van der Waals surface area contributed by atoms with E-state index in [9.17, 15) is 4.39 Å². The average molecular weight is 229 g/mol. The Morgan fingerprint density at radius 1 is 1.35 bits per heavy atom. The molecule has 0 spiro atoms. The highest BCUT2D eigenvalue weighted by Crippen LogP contribution is 2.22. The van der Waals surface area contributed by atoms with Gasteiger partial charge < -0.3 is 4.74 Å². The van der Waals surface area contributed by atoms with Gasteiger partial charge in [0.1, 0.15) is 23.3 Å². The molecule has 17 heavy (non-hydrogen) atoms. The molecule has 0 aliphatic rings. The standard InChI is InChI=1S/C12H8FN3O/c1-8-6-9(13)2-3-11(8)17-12-15-5-4-10(7-14)16-12/h2-6H,1H3. The first-order valence-corrected chi connectivity index (χ1v) is 4.86. The number of rotatable bonds is 2. The first kappa shape index (κ1) is 11.0. The molecule has 84 valence electrons. The molecule has 0 N–H and O–H groups in total. The molecule has 5 heteroatoms. The van der Waals surface area contributed by atoms with Gasteiger partial charge in [-0.05, 0) is 36.8 Å². The Bertz CT molecular complexity index is 593. The van der Waals surface area contributed by atoms with Gasteiger partial charge in [0, 0.05) is 6.20 Å². The number of hydrogen-bond acceptors (Lipinski definition) is 4. The summed E-state index contributed by atoms with van der Waals surface area (Å²) in [6.45, 7) is 1.71. The Morgan fingerprint density at radius 3 is 2.88 bits per heavy atom. The van der Waals surface area contributed by atoms with Gasteiger partial charge in [-0.25, -0.2) is 9.37 Å². The minimum Gasteiger partial charge on any atom is -0.424 e. The quantitative estimate of drug-likeness (QED) is 0.794. The van der Waals surface area contributed by atoms with Crippen molar-refractivity contribution in [1.29, 1.82) is 5.26 Å². The van der Waals surface area contributed by atoms with E-state index in [0.717, 1.165) is 0 Å². The van der Waals surface area contributed by atoms with E-state index in [1.165, 1.54) is 30.5 Å². The molecule has 1 heterocycles. The summed E-state index contributed by atoms with van der Waals surface area (Å²) in [5.74, 6) is 0.128. The van der Waals surface area contributed by atoms with Gasteiger partial charge in [-0.15, -0.1) is 0 Å². The van der Waals surface area contributed by atoms with Crippen molar-refractivity contribution in [3.05, 3.63) is 47.5 Å². The highest BCUT2D eigenvalue weighted by atomic mass is 19.1. The molecule has 0 aliphatic carbocycles. The van der Waals surface area contributed by atoms with Crippen molar-refractivity contribution in [2.45, 2.75) is 6.92 Å². The van der Waals surface area contributed by atoms with Crippen LogP contribution in [0.15, 0.2) is 30.5 Å². The van der Waals surface area contributed by atoms with Crippen molar-refractivity contribution in [3.63, 3.8) is 0 Å². The highest BCUT2D eigenvalue weighted by molar-refractivity contribution is 5.34. The molecule has 0 atom stereocenters. The van der Waals surface area contributed by atoms with Crippen LogP contribution in [0.4, 0.5) is 4.39 Å². The summed E-state index contributed by atoms with van der Waals surface area (Å²) in [5.41, 5.74) is 0.853. The predicted molar refractivity (Wildman–Crippen MR) is 58.0 cm³/mol. The lowest BCUT2D eigenvalue weighted by molar-refractivity contribution is 0.436. The number of benzene rings is 1. The predicted octanol–water partition coefficient (Wildman–Crippen LogP) is 2.59. The van der Waals surface area contributed by atoms with Gasteiger partial charge in [-0.2, -0.15) is 10.2 Å². The van der Waals surface area contributed by atoms with Crippen LogP contribution in [0, 0.1) is 24.1 Å². The second kappa shape index (κ2) is 4.58. The van der Waals surface area contributed by atoms with Crippen molar-refractivity contribution >= 4 is 0 Å². The third kappa shape index (κ3) is 2.55. The van der Waals surface area contributed by atoms with Crippen molar-refractivity contribution in [1.82, 2.24) is 9.97 Å². The summed E-state index contributed by atoms with van der Waals surface area (Å²) >= 11 is 0. The second-order valence-electron chi connectivity index (χ2n) is 3.35. The maximum atomic E-state index is 12.9. The fourth-order valence-corrected chi connectivity index (χ4v) is 1.28. The van der Waals surface area contributed by atoms with Crippen LogP contribution in [0.5, 0.6) is 11.8 Å². The Labute approximate surface area is 97.3 Å². The molecular weight excluding hydrogens is 221 g/mol. The number of ether oxygens (including phenoxy) is 1. The number of aromatic nitrogens is 2. The minimum absolute atomic E-state index is 0.0683. The molecule has 0 radical (unpaired) electrons. The Morgan fingerprint density at radius 2 is 2.18 bits per heavy atom. The normalized spacial score (nSPS) is 9.71. The summed E-state index contributed by atoms with van der Waals surface area (Å²) in [5, 5.41) is 8.67. The van der Waals surface area contributed by atoms with E-state index < -0.39 is 0 Å².